The smallest absolute Gasteiger partial charge is 0.505 e. The first-order valence-corrected chi connectivity index (χ1v) is 2.98. The van der Waals surface area contributed by atoms with Crippen molar-refractivity contribution in [2.75, 3.05) is 0 Å². The maximum atomic E-state index is 9.49. The molecule has 4 nitrogen and oxygen atoms in total. The minimum atomic E-state index is -1.89. The summed E-state index contributed by atoms with van der Waals surface area (Å²) in [5.74, 6) is 0. The fourth-order valence-corrected chi connectivity index (χ4v) is 0.388. The maximum absolute atomic E-state index is 9.49. The Kier molecular flexibility index (Phi) is 2.69. The molecule has 0 heterocycles. The molecule has 0 rings (SSSR count). The zero-order chi connectivity index (χ0) is 5.86. The van der Waals surface area contributed by atoms with Crippen molar-refractivity contribution in [3.05, 3.63) is 0 Å². The summed E-state index contributed by atoms with van der Waals surface area (Å²) in [6.07, 6.45) is 0. The molecule has 0 saturated carbocycles. The number of rotatable bonds is 2. The van der Waals surface area contributed by atoms with Crippen molar-refractivity contribution >= 4 is 28.6 Å². The van der Waals surface area contributed by atoms with Crippen molar-refractivity contribution < 1.29 is 19.8 Å². The van der Waals surface area contributed by atoms with Crippen LogP contribution in [-0.4, -0.2) is 38.8 Å². The van der Waals surface area contributed by atoms with Crippen LogP contribution in [0, 0.1) is 0 Å². The summed E-state index contributed by atoms with van der Waals surface area (Å²) in [6.45, 7) is 0. The van der Waals surface area contributed by atoms with Gasteiger partial charge in [0.05, 0.1) is 0 Å². The molecular weight excluding hydrogens is 112 g/mol. The topological polar surface area (TPSA) is 74.6 Å². The monoisotopic (exact) mass is 114 g/mol. The first kappa shape index (κ1) is 6.71. The highest BCUT2D eigenvalue weighted by Gasteiger charge is 2.14. The Morgan fingerprint density at radius 2 is 1.43 bits per heavy atom. The summed E-state index contributed by atoms with van der Waals surface area (Å²) in [6, 6.07) is 0. The average Bonchev–Trinajstić information content (AvgIpc) is 1.27. The fraction of sp³-hybridized carbons (Fsp3) is 0. The van der Waals surface area contributed by atoms with E-state index in [1.165, 1.54) is 0 Å². The molecule has 0 aliphatic heterocycles. The van der Waals surface area contributed by atoms with Gasteiger partial charge in [-0.05, 0) is 0 Å². The molecule has 0 aliphatic rings. The number of carbonyl (C=O) groups is 2. The van der Waals surface area contributed by atoms with Gasteiger partial charge in [0.1, 0.15) is 0 Å². The van der Waals surface area contributed by atoms with Crippen LogP contribution in [0.15, 0.2) is 0 Å². The predicted octanol–water partition coefficient (Wildman–Crippen LogP) is 0.0466. The lowest BCUT2D eigenvalue weighted by Gasteiger charge is -1.77. The molecule has 0 spiro atoms. The number of hydrogen-bond donors (Lipinski definition) is 2. The Morgan fingerprint density at radius 1 is 1.14 bits per heavy atom. The van der Waals surface area contributed by atoms with Crippen LogP contribution in [0.25, 0.3) is 0 Å². The highest BCUT2D eigenvalue weighted by Crippen LogP contribution is 1.65. The SMILES string of the molecule is O=[C](O)[Mg][C](=O)O. The summed E-state index contributed by atoms with van der Waals surface area (Å²) in [5.41, 5.74) is 0. The average molecular weight is 114 g/mol. The van der Waals surface area contributed by atoms with Gasteiger partial charge in [-0.25, -0.2) is 0 Å². The molecule has 0 saturated heterocycles. The van der Waals surface area contributed by atoms with Crippen molar-refractivity contribution in [2.24, 2.45) is 0 Å². The predicted molar refractivity (Wildman–Crippen MR) is 21.8 cm³/mol. The van der Waals surface area contributed by atoms with Gasteiger partial charge in [-0.2, -0.15) is 0 Å². The van der Waals surface area contributed by atoms with Gasteiger partial charge in [0.25, 0.3) is 0 Å². The Labute approximate surface area is 48.9 Å². The Morgan fingerprint density at radius 3 is 1.43 bits per heavy atom. The quantitative estimate of drug-likeness (QED) is 0.497. The standard InChI is InChI=1S/2CHO2.Mg/c2*2-1-3;/h2*(H,2,3);. The van der Waals surface area contributed by atoms with E-state index in [1.54, 1.807) is 0 Å². The summed E-state index contributed by atoms with van der Waals surface area (Å²) < 4.78 is -2.35. The van der Waals surface area contributed by atoms with Gasteiger partial charge in [0, 0.05) is 0 Å². The first-order valence-electron chi connectivity index (χ1n) is 1.56. The van der Waals surface area contributed by atoms with Crippen molar-refractivity contribution in [1.29, 1.82) is 0 Å². The van der Waals surface area contributed by atoms with Gasteiger partial charge in [0.2, 0.25) is 0 Å². The molecule has 7 heavy (non-hydrogen) atoms. The van der Waals surface area contributed by atoms with E-state index in [2.05, 4.69) is 0 Å². The fourth-order valence-electron chi connectivity index (χ4n) is 0.129. The van der Waals surface area contributed by atoms with Crippen LogP contribution in [0.4, 0.5) is 9.59 Å². The lowest BCUT2D eigenvalue weighted by atomic mass is 11.5. The molecule has 0 unspecified atom stereocenters. The van der Waals surface area contributed by atoms with Crippen molar-refractivity contribution in [1.82, 2.24) is 0 Å². The zero-order valence-corrected chi connectivity index (χ0v) is 4.83. The van der Waals surface area contributed by atoms with Crippen LogP contribution in [-0.2, 0) is 0 Å². The molecule has 0 amide bonds. The highest BCUT2D eigenvalue weighted by molar-refractivity contribution is 6.94. The van der Waals surface area contributed by atoms with Gasteiger partial charge < -0.3 is 10.2 Å². The Balaban J connectivity index is 3.32. The van der Waals surface area contributed by atoms with Gasteiger partial charge in [-0.1, -0.05) is 0 Å². The van der Waals surface area contributed by atoms with Crippen LogP contribution >= 0.6 is 0 Å². The minimum Gasteiger partial charge on any atom is -0.505 e. The van der Waals surface area contributed by atoms with E-state index in [-0.39, 0.29) is 0 Å². The van der Waals surface area contributed by atoms with E-state index in [0.717, 1.165) is 0 Å². The van der Waals surface area contributed by atoms with E-state index < -0.39 is 28.6 Å². The van der Waals surface area contributed by atoms with Gasteiger partial charge in [-0.15, -0.1) is 0 Å². The van der Waals surface area contributed by atoms with E-state index in [4.69, 9.17) is 10.2 Å². The molecule has 0 aromatic carbocycles. The van der Waals surface area contributed by atoms with Crippen molar-refractivity contribution in [2.45, 2.75) is 0 Å². The maximum Gasteiger partial charge on any atom is 0.695 e. The normalized spacial score (nSPS) is 6.86. The second kappa shape index (κ2) is 2.81. The first-order chi connectivity index (χ1) is 3.13. The van der Waals surface area contributed by atoms with E-state index in [9.17, 15) is 9.59 Å². The molecule has 0 aromatic heterocycles. The number of carboxylic acid groups (broad SMARTS) is 2. The number of hydrogen-bond acceptors (Lipinski definition) is 2. The molecule has 0 fully saturated rings. The lowest BCUT2D eigenvalue weighted by Crippen LogP contribution is -2.14. The second-order valence-corrected chi connectivity index (χ2v) is 2.53. The minimum absolute atomic E-state index is 1.17. The van der Waals surface area contributed by atoms with Gasteiger partial charge in [-0.3, -0.25) is 9.59 Å². The van der Waals surface area contributed by atoms with Crippen molar-refractivity contribution in [3.63, 3.8) is 0 Å². The molecule has 0 aliphatic carbocycles. The van der Waals surface area contributed by atoms with Crippen LogP contribution in [0.2, 0.25) is 0 Å². The molecule has 36 valence electrons. The summed E-state index contributed by atoms with van der Waals surface area (Å²) in [7, 11) is 0. The third-order valence-electron chi connectivity index (χ3n) is 0.302. The Hall–Kier alpha value is -0.294. The van der Waals surface area contributed by atoms with Crippen LogP contribution in [0.3, 0.4) is 0 Å². The van der Waals surface area contributed by atoms with E-state index >= 15 is 0 Å². The molecule has 0 aromatic rings. The van der Waals surface area contributed by atoms with Crippen molar-refractivity contribution in [3.8, 4) is 0 Å². The largest absolute Gasteiger partial charge is 0.695 e. The van der Waals surface area contributed by atoms with Crippen LogP contribution in [0.1, 0.15) is 0 Å². The molecule has 0 atom stereocenters. The highest BCUT2D eigenvalue weighted by atomic mass is 24.5. The van der Waals surface area contributed by atoms with E-state index in [0.29, 0.717) is 0 Å². The van der Waals surface area contributed by atoms with Crippen LogP contribution in [0.5, 0.6) is 0 Å². The molecule has 0 bridgehead atoms. The lowest BCUT2D eigenvalue weighted by molar-refractivity contribution is 0.213. The third-order valence-corrected chi connectivity index (χ3v) is 0.907. The van der Waals surface area contributed by atoms with Gasteiger partial charge >= 0.3 is 20.4 Å². The molecule has 5 heteroatoms. The van der Waals surface area contributed by atoms with E-state index in [1.807, 2.05) is 0 Å². The molecular formula is C2H2MgO4. The Bertz CT molecular complexity index is 85.9. The summed E-state index contributed by atoms with van der Waals surface area (Å²) in [4.78, 5) is 19.0. The van der Waals surface area contributed by atoms with Crippen LogP contribution < -0.4 is 0 Å². The van der Waals surface area contributed by atoms with Gasteiger partial charge in [0.15, 0.2) is 8.20 Å². The zero-order valence-electron chi connectivity index (χ0n) is 3.42. The summed E-state index contributed by atoms with van der Waals surface area (Å²) >= 11 is -1.89. The molecule has 2 N–H and O–H groups in total. The summed E-state index contributed by atoms with van der Waals surface area (Å²) in [5, 5.41) is 15.5. The third kappa shape index (κ3) is 5.71. The second-order valence-electron chi connectivity index (χ2n) is 0.964. The molecule has 0 radical (unpaired) electrons.